The molecule has 1 N–H and O–H groups in total. The lowest BCUT2D eigenvalue weighted by molar-refractivity contribution is -0.119. The highest BCUT2D eigenvalue weighted by Gasteiger charge is 2.12. The average molecular weight is 196 g/mol. The maximum atomic E-state index is 12.9. The summed E-state index contributed by atoms with van der Waals surface area (Å²) >= 11 is 0. The predicted octanol–water partition coefficient (Wildman–Crippen LogP) is 1.10. The number of amides is 1. The Hall–Kier alpha value is -1.96. The van der Waals surface area contributed by atoms with E-state index in [-0.39, 0.29) is 5.56 Å². The minimum atomic E-state index is -0.793. The van der Waals surface area contributed by atoms with Crippen LogP contribution in [0.15, 0.2) is 18.2 Å². The van der Waals surface area contributed by atoms with Crippen molar-refractivity contribution >= 4 is 5.91 Å². The Morgan fingerprint density at radius 3 is 2.50 bits per heavy atom. The molecular weight excluding hydrogens is 190 g/mol. The number of carbonyl (C=O) groups excluding carboxylic acids is 1. The summed E-state index contributed by atoms with van der Waals surface area (Å²) in [6.07, 6.45) is 0.902. The van der Waals surface area contributed by atoms with Gasteiger partial charge in [-0.1, -0.05) is 6.07 Å². The summed E-state index contributed by atoms with van der Waals surface area (Å²) in [5.41, 5.74) is -0.333. The molecule has 0 spiro atoms. The van der Waals surface area contributed by atoms with Crippen LogP contribution in [0.4, 0.5) is 8.78 Å². The van der Waals surface area contributed by atoms with Crippen LogP contribution in [0, 0.1) is 23.1 Å². The van der Waals surface area contributed by atoms with Crippen LogP contribution in [0.25, 0.3) is 0 Å². The van der Waals surface area contributed by atoms with Gasteiger partial charge >= 0.3 is 0 Å². The van der Waals surface area contributed by atoms with Crippen LogP contribution in [0.3, 0.4) is 0 Å². The second-order valence-corrected chi connectivity index (χ2v) is 2.54. The monoisotopic (exact) mass is 196 g/mol. The van der Waals surface area contributed by atoms with Gasteiger partial charge in [0.25, 0.3) is 0 Å². The van der Waals surface area contributed by atoms with Crippen LogP contribution in [-0.4, -0.2) is 5.91 Å². The molecule has 0 aromatic heterocycles. The van der Waals surface area contributed by atoms with E-state index in [9.17, 15) is 13.6 Å². The molecule has 1 aromatic carbocycles. The minimum absolute atomic E-state index is 0.333. The van der Waals surface area contributed by atoms with Gasteiger partial charge in [-0.15, -0.1) is 0 Å². The van der Waals surface area contributed by atoms with Crippen molar-refractivity contribution in [3.05, 3.63) is 35.4 Å². The second-order valence-electron chi connectivity index (χ2n) is 2.54. The number of nitrogens with one attached hydrogen (secondary N) is 1. The predicted molar refractivity (Wildman–Crippen MR) is 43.8 cm³/mol. The molecule has 0 fully saturated rings. The van der Waals surface area contributed by atoms with Crippen molar-refractivity contribution in [2.75, 3.05) is 0 Å². The van der Waals surface area contributed by atoms with Crippen LogP contribution in [0.2, 0.25) is 0 Å². The molecule has 14 heavy (non-hydrogen) atoms. The zero-order valence-corrected chi connectivity index (χ0v) is 7.05. The summed E-state index contributed by atoms with van der Waals surface area (Å²) < 4.78 is 25.9. The summed E-state index contributed by atoms with van der Waals surface area (Å²) in [4.78, 5) is 10.8. The van der Waals surface area contributed by atoms with Gasteiger partial charge in [-0.3, -0.25) is 10.1 Å². The largest absolute Gasteiger partial charge is 0.274 e. The van der Waals surface area contributed by atoms with E-state index in [4.69, 9.17) is 5.26 Å². The lowest BCUT2D eigenvalue weighted by Crippen LogP contribution is -2.20. The first kappa shape index (κ1) is 10.1. The number of carbonyl (C=O) groups is 1. The normalized spacial score (nSPS) is 9.21. The molecule has 0 aliphatic carbocycles. The first-order valence-electron chi connectivity index (χ1n) is 3.76. The maximum absolute atomic E-state index is 12.9. The fourth-order valence-corrected chi connectivity index (χ4v) is 0.968. The highest BCUT2D eigenvalue weighted by atomic mass is 19.1. The fourth-order valence-electron chi connectivity index (χ4n) is 0.968. The van der Waals surface area contributed by atoms with Crippen molar-refractivity contribution in [2.45, 2.75) is 6.42 Å². The smallest absolute Gasteiger partial charge is 0.237 e. The Bertz CT molecular complexity index is 378. The Morgan fingerprint density at radius 1 is 1.43 bits per heavy atom. The topological polar surface area (TPSA) is 52.9 Å². The fraction of sp³-hybridized carbons (Fsp3) is 0.111. The molecule has 0 bridgehead atoms. The van der Waals surface area contributed by atoms with Crippen LogP contribution < -0.4 is 5.32 Å². The van der Waals surface area contributed by atoms with Crippen molar-refractivity contribution in [3.8, 4) is 6.19 Å². The van der Waals surface area contributed by atoms with Crippen molar-refractivity contribution in [1.29, 1.82) is 5.26 Å². The summed E-state index contributed by atoms with van der Waals surface area (Å²) in [6, 6.07) is 3.31. The molecule has 0 unspecified atom stereocenters. The van der Waals surface area contributed by atoms with Gasteiger partial charge in [0, 0.05) is 5.56 Å². The molecular formula is C9H6F2N2O. The van der Waals surface area contributed by atoms with Gasteiger partial charge in [0.05, 0.1) is 6.42 Å². The van der Waals surface area contributed by atoms with Gasteiger partial charge in [0.1, 0.15) is 11.6 Å². The Morgan fingerprint density at radius 2 is 2.00 bits per heavy atom. The molecule has 0 radical (unpaired) electrons. The molecule has 0 heterocycles. The number of nitriles is 1. The standard InChI is InChI=1S/C9H6F2N2O/c10-7-2-1-3-8(11)6(7)4-9(14)13-5-12/h1-3H,4H2,(H,13,14). The summed E-state index contributed by atoms with van der Waals surface area (Å²) in [7, 11) is 0. The van der Waals surface area contributed by atoms with Crippen molar-refractivity contribution in [1.82, 2.24) is 5.32 Å². The van der Waals surface area contributed by atoms with Gasteiger partial charge in [0.2, 0.25) is 5.91 Å². The molecule has 1 amide bonds. The molecule has 72 valence electrons. The Balaban J connectivity index is 2.87. The number of hydrogen-bond donors (Lipinski definition) is 1. The Kier molecular flexibility index (Phi) is 3.13. The number of hydrogen-bond acceptors (Lipinski definition) is 2. The number of rotatable bonds is 2. The third-order valence-corrected chi connectivity index (χ3v) is 1.59. The van der Waals surface area contributed by atoms with Crippen LogP contribution in [-0.2, 0) is 11.2 Å². The first-order chi connectivity index (χ1) is 6.65. The molecule has 0 aliphatic rings. The molecule has 1 rings (SSSR count). The molecule has 0 aliphatic heterocycles. The second kappa shape index (κ2) is 4.33. The van der Waals surface area contributed by atoms with E-state index in [1.165, 1.54) is 12.3 Å². The van der Waals surface area contributed by atoms with E-state index >= 15 is 0 Å². The molecule has 1 aromatic rings. The van der Waals surface area contributed by atoms with E-state index < -0.39 is 24.0 Å². The van der Waals surface area contributed by atoms with Crippen LogP contribution >= 0.6 is 0 Å². The van der Waals surface area contributed by atoms with Crippen molar-refractivity contribution < 1.29 is 13.6 Å². The summed E-state index contributed by atoms with van der Waals surface area (Å²) in [5.74, 6) is -2.33. The lowest BCUT2D eigenvalue weighted by Gasteiger charge is -2.01. The molecule has 5 heteroatoms. The Labute approximate surface area is 79.0 Å². The van der Waals surface area contributed by atoms with Crippen LogP contribution in [0.1, 0.15) is 5.56 Å². The summed E-state index contributed by atoms with van der Waals surface area (Å²) in [5, 5.41) is 9.87. The molecule has 0 saturated carbocycles. The van der Waals surface area contributed by atoms with Crippen LogP contribution in [0.5, 0.6) is 0 Å². The maximum Gasteiger partial charge on any atom is 0.237 e. The van der Waals surface area contributed by atoms with E-state index in [2.05, 4.69) is 0 Å². The lowest BCUT2D eigenvalue weighted by atomic mass is 10.1. The summed E-state index contributed by atoms with van der Waals surface area (Å²) in [6.45, 7) is 0. The molecule has 0 saturated heterocycles. The first-order valence-corrected chi connectivity index (χ1v) is 3.76. The third kappa shape index (κ3) is 2.26. The van der Waals surface area contributed by atoms with Gasteiger partial charge in [-0.25, -0.2) is 8.78 Å². The number of nitrogens with zero attached hydrogens (tertiary/aromatic N) is 1. The van der Waals surface area contributed by atoms with Crippen molar-refractivity contribution in [3.63, 3.8) is 0 Å². The van der Waals surface area contributed by atoms with Gasteiger partial charge in [0.15, 0.2) is 6.19 Å². The number of benzene rings is 1. The van der Waals surface area contributed by atoms with Gasteiger partial charge < -0.3 is 0 Å². The van der Waals surface area contributed by atoms with E-state index in [1.54, 1.807) is 5.32 Å². The molecule has 0 atom stereocenters. The van der Waals surface area contributed by atoms with Gasteiger partial charge in [-0.2, -0.15) is 5.26 Å². The average Bonchev–Trinajstić information content (AvgIpc) is 2.12. The zero-order chi connectivity index (χ0) is 10.6. The SMILES string of the molecule is N#CNC(=O)Cc1c(F)cccc1F. The zero-order valence-electron chi connectivity index (χ0n) is 7.05. The van der Waals surface area contributed by atoms with E-state index in [0.717, 1.165) is 12.1 Å². The minimum Gasteiger partial charge on any atom is -0.274 e. The third-order valence-electron chi connectivity index (χ3n) is 1.59. The van der Waals surface area contributed by atoms with Crippen molar-refractivity contribution in [2.24, 2.45) is 0 Å². The van der Waals surface area contributed by atoms with E-state index in [1.807, 2.05) is 0 Å². The highest BCUT2D eigenvalue weighted by Crippen LogP contribution is 2.12. The number of halogens is 2. The highest BCUT2D eigenvalue weighted by molar-refractivity contribution is 5.79. The molecule has 3 nitrogen and oxygen atoms in total. The quantitative estimate of drug-likeness (QED) is 0.569. The van der Waals surface area contributed by atoms with E-state index in [0.29, 0.717) is 0 Å². The van der Waals surface area contributed by atoms with Gasteiger partial charge in [-0.05, 0) is 12.1 Å².